The molecule has 0 saturated heterocycles. The van der Waals surface area contributed by atoms with Gasteiger partial charge in [-0.15, -0.1) is 0 Å². The quantitative estimate of drug-likeness (QED) is 0.731. The van der Waals surface area contributed by atoms with Crippen molar-refractivity contribution in [1.29, 1.82) is 0 Å². The molecule has 0 N–H and O–H groups in total. The molecule has 0 spiro atoms. The minimum Gasteiger partial charge on any atom is -0.294 e. The second-order valence-electron chi connectivity index (χ2n) is 4.74. The number of carbonyl (C=O) groups is 1. The highest BCUT2D eigenvalue weighted by molar-refractivity contribution is 9.10. The smallest absolute Gasteiger partial charge is 0.166 e. The van der Waals surface area contributed by atoms with Crippen molar-refractivity contribution >= 4 is 21.7 Å². The Morgan fingerprint density at radius 1 is 1.19 bits per heavy atom. The molecule has 0 aliphatic heterocycles. The van der Waals surface area contributed by atoms with Gasteiger partial charge >= 0.3 is 0 Å². The Hall–Kier alpha value is -0.630. The largest absolute Gasteiger partial charge is 0.294 e. The maximum Gasteiger partial charge on any atom is 0.166 e. The van der Waals surface area contributed by atoms with Crippen LogP contribution in [0.2, 0.25) is 0 Å². The van der Waals surface area contributed by atoms with Gasteiger partial charge in [-0.3, -0.25) is 4.79 Å². The summed E-state index contributed by atoms with van der Waals surface area (Å²) in [6, 6.07) is 7.74. The molecule has 1 aromatic carbocycles. The number of Topliss-reactive ketones (excluding diaryl/α,β-unsaturated/α-hetero) is 1. The summed E-state index contributed by atoms with van der Waals surface area (Å²) in [4.78, 5) is 12.3. The minimum absolute atomic E-state index is 0.245. The Balaban J connectivity index is 2.14. The lowest BCUT2D eigenvalue weighted by Crippen LogP contribution is -2.25. The highest BCUT2D eigenvalue weighted by Crippen LogP contribution is 2.32. The van der Waals surface area contributed by atoms with E-state index < -0.39 is 0 Å². The average molecular weight is 281 g/mol. The van der Waals surface area contributed by atoms with Crippen LogP contribution < -0.4 is 0 Å². The Morgan fingerprint density at radius 2 is 1.81 bits per heavy atom. The maximum atomic E-state index is 12.3. The third-order valence-corrected chi connectivity index (χ3v) is 4.11. The number of rotatable bonds is 2. The summed E-state index contributed by atoms with van der Waals surface area (Å²) < 4.78 is 1.03. The van der Waals surface area contributed by atoms with E-state index in [0.717, 1.165) is 16.5 Å². The molecular formula is C14H17BrO. The summed E-state index contributed by atoms with van der Waals surface area (Å²) in [6.07, 6.45) is 4.76. The Bertz CT molecular complexity index is 369. The third-order valence-electron chi connectivity index (χ3n) is 3.58. The lowest BCUT2D eigenvalue weighted by molar-refractivity contribution is 0.0837. The van der Waals surface area contributed by atoms with Crippen LogP contribution in [-0.2, 0) is 0 Å². The molecule has 1 aromatic rings. The van der Waals surface area contributed by atoms with E-state index >= 15 is 0 Å². The molecule has 1 aliphatic rings. The molecule has 0 heterocycles. The highest BCUT2D eigenvalue weighted by Gasteiger charge is 2.28. The zero-order valence-corrected chi connectivity index (χ0v) is 11.2. The number of hydrogen-bond acceptors (Lipinski definition) is 1. The molecule has 16 heavy (non-hydrogen) atoms. The van der Waals surface area contributed by atoms with Gasteiger partial charge in [-0.05, 0) is 24.5 Å². The first-order chi connectivity index (χ1) is 7.68. The Morgan fingerprint density at radius 3 is 2.44 bits per heavy atom. The molecule has 0 amide bonds. The van der Waals surface area contributed by atoms with E-state index in [1.807, 2.05) is 24.3 Å². The Kier molecular flexibility index (Phi) is 3.80. The van der Waals surface area contributed by atoms with Crippen molar-refractivity contribution in [1.82, 2.24) is 0 Å². The molecule has 0 bridgehead atoms. The first kappa shape index (κ1) is 11.8. The molecule has 2 rings (SSSR count). The van der Waals surface area contributed by atoms with E-state index in [9.17, 15) is 4.79 Å². The van der Waals surface area contributed by atoms with Crippen molar-refractivity contribution in [3.05, 3.63) is 34.3 Å². The second-order valence-corrected chi connectivity index (χ2v) is 5.66. The number of carbonyl (C=O) groups excluding carboxylic acids is 1. The molecule has 1 aliphatic carbocycles. The number of hydrogen-bond donors (Lipinski definition) is 0. The van der Waals surface area contributed by atoms with Gasteiger partial charge in [0.2, 0.25) is 0 Å². The van der Waals surface area contributed by atoms with E-state index in [1.165, 1.54) is 19.3 Å². The molecule has 2 atom stereocenters. The van der Waals surface area contributed by atoms with Crippen LogP contribution in [-0.4, -0.2) is 5.78 Å². The van der Waals surface area contributed by atoms with Crippen LogP contribution in [0, 0.1) is 11.8 Å². The predicted molar refractivity (Wildman–Crippen MR) is 69.6 cm³/mol. The lowest BCUT2D eigenvalue weighted by atomic mass is 9.76. The molecular weight excluding hydrogens is 264 g/mol. The molecule has 1 saturated carbocycles. The van der Waals surface area contributed by atoms with Crippen LogP contribution in [0.25, 0.3) is 0 Å². The first-order valence-electron chi connectivity index (χ1n) is 5.98. The highest BCUT2D eigenvalue weighted by atomic mass is 79.9. The van der Waals surface area contributed by atoms with E-state index in [0.29, 0.717) is 11.7 Å². The molecule has 1 nitrogen and oxygen atoms in total. The minimum atomic E-state index is 0.245. The fourth-order valence-electron chi connectivity index (χ4n) is 2.53. The van der Waals surface area contributed by atoms with Crippen molar-refractivity contribution in [2.75, 3.05) is 0 Å². The fourth-order valence-corrected chi connectivity index (χ4v) is 2.80. The monoisotopic (exact) mass is 280 g/mol. The van der Waals surface area contributed by atoms with Crippen LogP contribution in [0.4, 0.5) is 0 Å². The van der Waals surface area contributed by atoms with Gasteiger partial charge in [0.05, 0.1) is 0 Å². The van der Waals surface area contributed by atoms with Gasteiger partial charge in [0.25, 0.3) is 0 Å². The third kappa shape index (κ3) is 2.54. The van der Waals surface area contributed by atoms with Crippen LogP contribution in [0.5, 0.6) is 0 Å². The molecule has 0 aromatic heterocycles. The van der Waals surface area contributed by atoms with Crippen molar-refractivity contribution in [3.8, 4) is 0 Å². The maximum absolute atomic E-state index is 12.3. The predicted octanol–water partition coefficient (Wildman–Crippen LogP) is 4.46. The SMILES string of the molecule is CC1CCCCC1C(=O)c1ccc(Br)cc1. The number of benzene rings is 1. The topological polar surface area (TPSA) is 17.1 Å². The van der Waals surface area contributed by atoms with Gasteiger partial charge in [-0.2, -0.15) is 0 Å². The number of ketones is 1. The van der Waals surface area contributed by atoms with Crippen LogP contribution in [0.1, 0.15) is 43.0 Å². The molecule has 1 fully saturated rings. The summed E-state index contributed by atoms with van der Waals surface area (Å²) in [5, 5.41) is 0. The van der Waals surface area contributed by atoms with Gasteiger partial charge in [-0.25, -0.2) is 0 Å². The molecule has 2 unspecified atom stereocenters. The zero-order valence-electron chi connectivity index (χ0n) is 9.58. The summed E-state index contributed by atoms with van der Waals surface area (Å²) in [5.74, 6) is 1.12. The summed E-state index contributed by atoms with van der Waals surface area (Å²) in [6.45, 7) is 2.21. The van der Waals surface area contributed by atoms with Gasteiger partial charge < -0.3 is 0 Å². The van der Waals surface area contributed by atoms with E-state index in [-0.39, 0.29) is 5.92 Å². The van der Waals surface area contributed by atoms with Crippen molar-refractivity contribution in [2.45, 2.75) is 32.6 Å². The van der Waals surface area contributed by atoms with Crippen molar-refractivity contribution in [3.63, 3.8) is 0 Å². The van der Waals surface area contributed by atoms with Crippen LogP contribution in [0.3, 0.4) is 0 Å². The summed E-state index contributed by atoms with van der Waals surface area (Å²) >= 11 is 3.39. The number of halogens is 1. The van der Waals surface area contributed by atoms with Gasteiger partial charge in [0.1, 0.15) is 0 Å². The van der Waals surface area contributed by atoms with Gasteiger partial charge in [-0.1, -0.05) is 54.2 Å². The van der Waals surface area contributed by atoms with Crippen LogP contribution in [0.15, 0.2) is 28.7 Å². The summed E-state index contributed by atoms with van der Waals surface area (Å²) in [5.41, 5.74) is 0.863. The summed E-state index contributed by atoms with van der Waals surface area (Å²) in [7, 11) is 0. The standard InChI is InChI=1S/C14H17BrO/c1-10-4-2-3-5-13(10)14(16)11-6-8-12(15)9-7-11/h6-10,13H,2-5H2,1H3. The normalized spacial score (nSPS) is 25.4. The van der Waals surface area contributed by atoms with Crippen molar-refractivity contribution in [2.24, 2.45) is 11.8 Å². The van der Waals surface area contributed by atoms with E-state index in [4.69, 9.17) is 0 Å². The van der Waals surface area contributed by atoms with Crippen molar-refractivity contribution < 1.29 is 4.79 Å². The van der Waals surface area contributed by atoms with E-state index in [2.05, 4.69) is 22.9 Å². The van der Waals surface area contributed by atoms with Crippen LogP contribution >= 0.6 is 15.9 Å². The molecule has 2 heteroatoms. The fraction of sp³-hybridized carbons (Fsp3) is 0.500. The lowest BCUT2D eigenvalue weighted by Gasteiger charge is -2.27. The second kappa shape index (κ2) is 5.13. The van der Waals surface area contributed by atoms with E-state index in [1.54, 1.807) is 0 Å². The molecule has 0 radical (unpaired) electrons. The Labute approximate surface area is 105 Å². The van der Waals surface area contributed by atoms with Gasteiger partial charge in [0, 0.05) is 16.0 Å². The van der Waals surface area contributed by atoms with Gasteiger partial charge in [0.15, 0.2) is 5.78 Å². The zero-order chi connectivity index (χ0) is 11.5. The molecule has 86 valence electrons. The average Bonchev–Trinajstić information content (AvgIpc) is 2.30. The first-order valence-corrected chi connectivity index (χ1v) is 6.77.